The number of rotatable bonds is 6. The Hall–Kier alpha value is -1.11. The molecule has 0 radical (unpaired) electrons. The molecule has 0 unspecified atom stereocenters. The van der Waals surface area contributed by atoms with Crippen LogP contribution in [0.15, 0.2) is 24.3 Å². The Bertz CT molecular complexity index is 589. The fourth-order valence-electron chi connectivity index (χ4n) is 2.87. The van der Waals surface area contributed by atoms with E-state index >= 15 is 0 Å². The number of nitrogens with zero attached hydrogens (tertiary/aromatic N) is 1. The highest BCUT2D eigenvalue weighted by molar-refractivity contribution is 7.88. The van der Waals surface area contributed by atoms with E-state index in [1.165, 1.54) is 11.8 Å². The number of hydrogen-bond acceptors (Lipinski definition) is 4. The highest BCUT2D eigenvalue weighted by Crippen LogP contribution is 2.20. The van der Waals surface area contributed by atoms with E-state index < -0.39 is 10.0 Å². The summed E-state index contributed by atoms with van der Waals surface area (Å²) < 4.78 is 30.3. The van der Waals surface area contributed by atoms with E-state index in [1.807, 2.05) is 25.1 Å². The largest absolute Gasteiger partial charge is 0.494 e. The molecule has 0 aromatic heterocycles. The first-order valence-corrected chi connectivity index (χ1v) is 9.65. The number of benzene rings is 1. The Balaban J connectivity index is 1.89. The minimum atomic E-state index is -3.07. The van der Waals surface area contributed by atoms with Crippen molar-refractivity contribution in [2.75, 3.05) is 26.0 Å². The molecule has 1 aliphatic heterocycles. The molecular formula is C16H26N2O3S. The molecule has 124 valence electrons. The van der Waals surface area contributed by atoms with Gasteiger partial charge in [-0.25, -0.2) is 12.7 Å². The van der Waals surface area contributed by atoms with Crippen molar-refractivity contribution in [3.8, 4) is 5.75 Å². The molecule has 1 saturated heterocycles. The van der Waals surface area contributed by atoms with Gasteiger partial charge in [0.25, 0.3) is 0 Å². The summed E-state index contributed by atoms with van der Waals surface area (Å²) in [6, 6.07) is 8.42. The molecular weight excluding hydrogens is 300 g/mol. The Morgan fingerprint density at radius 2 is 2.18 bits per heavy atom. The summed E-state index contributed by atoms with van der Waals surface area (Å²) in [5.41, 5.74) is 1.18. The first-order valence-electron chi connectivity index (χ1n) is 7.80. The molecule has 0 bridgehead atoms. The quantitative estimate of drug-likeness (QED) is 0.867. The number of hydrogen-bond donors (Lipinski definition) is 1. The molecule has 0 saturated carbocycles. The van der Waals surface area contributed by atoms with Crippen molar-refractivity contribution in [3.05, 3.63) is 29.8 Å². The minimum absolute atomic E-state index is 0.304. The standard InChI is InChI=1S/C16H26N2O3S/c1-4-21-15-7-5-6-14(10-15)11-17-16-8-9-18(12-13(16)2)22(3,19)20/h5-7,10,13,16-17H,4,8-9,11-12H2,1-3H3/t13-,16+/m1/s1. The molecule has 2 atom stereocenters. The van der Waals surface area contributed by atoms with E-state index in [9.17, 15) is 8.42 Å². The average Bonchev–Trinajstić information content (AvgIpc) is 2.46. The fourth-order valence-corrected chi connectivity index (χ4v) is 3.82. The Labute approximate surface area is 133 Å². The zero-order chi connectivity index (χ0) is 16.2. The molecule has 1 fully saturated rings. The first kappa shape index (κ1) is 17.2. The molecule has 5 nitrogen and oxygen atoms in total. The van der Waals surface area contributed by atoms with Gasteiger partial charge in [-0.2, -0.15) is 0 Å². The van der Waals surface area contributed by atoms with Gasteiger partial charge in [0, 0.05) is 25.7 Å². The van der Waals surface area contributed by atoms with E-state index in [2.05, 4.69) is 18.3 Å². The van der Waals surface area contributed by atoms with Gasteiger partial charge in [-0.3, -0.25) is 0 Å². The molecule has 6 heteroatoms. The van der Waals surface area contributed by atoms with Crippen LogP contribution in [0.1, 0.15) is 25.8 Å². The smallest absolute Gasteiger partial charge is 0.211 e. The molecule has 0 aliphatic carbocycles. The van der Waals surface area contributed by atoms with Gasteiger partial charge in [0.1, 0.15) is 5.75 Å². The van der Waals surface area contributed by atoms with Gasteiger partial charge in [-0.1, -0.05) is 19.1 Å². The zero-order valence-corrected chi connectivity index (χ0v) is 14.4. The predicted molar refractivity (Wildman–Crippen MR) is 88.4 cm³/mol. The van der Waals surface area contributed by atoms with Gasteiger partial charge < -0.3 is 10.1 Å². The van der Waals surface area contributed by atoms with Gasteiger partial charge >= 0.3 is 0 Å². The zero-order valence-electron chi connectivity index (χ0n) is 13.6. The molecule has 0 spiro atoms. The number of ether oxygens (including phenoxy) is 1. The SMILES string of the molecule is CCOc1cccc(CN[C@H]2CCN(S(C)(=O)=O)C[C@H]2C)c1. The Morgan fingerprint density at radius 1 is 1.41 bits per heavy atom. The number of nitrogens with one attached hydrogen (secondary N) is 1. The highest BCUT2D eigenvalue weighted by atomic mass is 32.2. The Kier molecular flexibility index (Phi) is 5.83. The van der Waals surface area contributed by atoms with Gasteiger partial charge in [-0.05, 0) is 37.0 Å². The van der Waals surface area contributed by atoms with Gasteiger partial charge in [-0.15, -0.1) is 0 Å². The number of sulfonamides is 1. The average molecular weight is 326 g/mol. The lowest BCUT2D eigenvalue weighted by Gasteiger charge is -2.36. The second-order valence-electron chi connectivity index (χ2n) is 5.95. The van der Waals surface area contributed by atoms with Crippen molar-refractivity contribution < 1.29 is 13.2 Å². The van der Waals surface area contributed by atoms with Crippen LogP contribution >= 0.6 is 0 Å². The fraction of sp³-hybridized carbons (Fsp3) is 0.625. The monoisotopic (exact) mass is 326 g/mol. The minimum Gasteiger partial charge on any atom is -0.494 e. The Morgan fingerprint density at radius 3 is 2.82 bits per heavy atom. The van der Waals surface area contributed by atoms with Crippen LogP contribution < -0.4 is 10.1 Å². The van der Waals surface area contributed by atoms with E-state index in [4.69, 9.17) is 4.74 Å². The molecule has 0 amide bonds. The predicted octanol–water partition coefficient (Wildman–Crippen LogP) is 1.84. The summed E-state index contributed by atoms with van der Waals surface area (Å²) in [6.07, 6.45) is 2.13. The summed E-state index contributed by atoms with van der Waals surface area (Å²) in [7, 11) is -3.07. The van der Waals surface area contributed by atoms with Crippen molar-refractivity contribution in [2.24, 2.45) is 5.92 Å². The second-order valence-corrected chi connectivity index (χ2v) is 7.94. The van der Waals surface area contributed by atoms with Crippen molar-refractivity contribution in [1.29, 1.82) is 0 Å². The van der Waals surface area contributed by atoms with Crippen LogP contribution in [0.2, 0.25) is 0 Å². The summed E-state index contributed by atoms with van der Waals surface area (Å²) >= 11 is 0. The summed E-state index contributed by atoms with van der Waals surface area (Å²) in [5, 5.41) is 3.55. The summed E-state index contributed by atoms with van der Waals surface area (Å²) in [4.78, 5) is 0. The molecule has 1 aromatic rings. The lowest BCUT2D eigenvalue weighted by Crippen LogP contribution is -2.49. The van der Waals surface area contributed by atoms with Gasteiger partial charge in [0.2, 0.25) is 10.0 Å². The van der Waals surface area contributed by atoms with Crippen LogP contribution in [-0.2, 0) is 16.6 Å². The van der Waals surface area contributed by atoms with E-state index in [0.29, 0.717) is 31.7 Å². The maximum absolute atomic E-state index is 11.6. The van der Waals surface area contributed by atoms with Crippen LogP contribution in [0.5, 0.6) is 5.75 Å². The normalized spacial score (nSPS) is 23.4. The van der Waals surface area contributed by atoms with E-state index in [0.717, 1.165) is 18.7 Å². The maximum atomic E-state index is 11.6. The summed E-state index contributed by atoms with van der Waals surface area (Å²) in [6.45, 7) is 6.70. The maximum Gasteiger partial charge on any atom is 0.211 e. The van der Waals surface area contributed by atoms with Crippen LogP contribution in [0.4, 0.5) is 0 Å². The summed E-state index contributed by atoms with van der Waals surface area (Å²) in [5.74, 6) is 1.19. The van der Waals surface area contributed by atoms with Gasteiger partial charge in [0.15, 0.2) is 0 Å². The second kappa shape index (κ2) is 7.44. The lowest BCUT2D eigenvalue weighted by molar-refractivity contribution is 0.220. The van der Waals surface area contributed by atoms with E-state index in [1.54, 1.807) is 4.31 Å². The number of piperidine rings is 1. The van der Waals surface area contributed by atoms with Crippen molar-refractivity contribution >= 4 is 10.0 Å². The van der Waals surface area contributed by atoms with Crippen molar-refractivity contribution in [1.82, 2.24) is 9.62 Å². The third-order valence-corrected chi connectivity index (χ3v) is 5.38. The lowest BCUT2D eigenvalue weighted by atomic mass is 9.95. The topological polar surface area (TPSA) is 58.6 Å². The van der Waals surface area contributed by atoms with Crippen LogP contribution in [0, 0.1) is 5.92 Å². The van der Waals surface area contributed by atoms with Crippen LogP contribution in [-0.4, -0.2) is 44.7 Å². The van der Waals surface area contributed by atoms with Crippen LogP contribution in [0.3, 0.4) is 0 Å². The van der Waals surface area contributed by atoms with Crippen LogP contribution in [0.25, 0.3) is 0 Å². The molecule has 2 rings (SSSR count). The van der Waals surface area contributed by atoms with Crippen molar-refractivity contribution in [3.63, 3.8) is 0 Å². The van der Waals surface area contributed by atoms with Crippen molar-refractivity contribution in [2.45, 2.75) is 32.9 Å². The highest BCUT2D eigenvalue weighted by Gasteiger charge is 2.29. The molecule has 1 N–H and O–H groups in total. The van der Waals surface area contributed by atoms with E-state index in [-0.39, 0.29) is 0 Å². The molecule has 22 heavy (non-hydrogen) atoms. The molecule has 1 aliphatic rings. The molecule has 1 heterocycles. The third-order valence-electron chi connectivity index (χ3n) is 4.11. The first-order chi connectivity index (χ1) is 10.4. The third kappa shape index (κ3) is 4.69. The van der Waals surface area contributed by atoms with Gasteiger partial charge in [0.05, 0.1) is 12.9 Å². The molecule has 1 aromatic carbocycles.